The molecule has 0 aromatic heterocycles. The molecule has 0 amide bonds. The molecular weight excluding hydrogens is 266 g/mol. The highest BCUT2D eigenvalue weighted by molar-refractivity contribution is 5.48. The second-order valence-corrected chi connectivity index (χ2v) is 8.18. The first-order chi connectivity index (χ1) is 10.8. The standard InChI is InChI=1S/C21H29N/c1-2-5-17(6-3-1)7-4-9-22-10-8-21-14-18-11-19(15-21)13-20(12-18)16-21/h1-7,18-20,22H,8-16H2. The van der Waals surface area contributed by atoms with Gasteiger partial charge < -0.3 is 5.32 Å². The molecule has 1 N–H and O–H groups in total. The zero-order chi connectivity index (χ0) is 14.8. The van der Waals surface area contributed by atoms with Crippen LogP contribution in [0.25, 0.3) is 6.08 Å². The van der Waals surface area contributed by atoms with Crippen LogP contribution in [0.15, 0.2) is 36.4 Å². The zero-order valence-electron chi connectivity index (χ0n) is 13.6. The van der Waals surface area contributed by atoms with Crippen molar-refractivity contribution in [1.82, 2.24) is 5.32 Å². The maximum Gasteiger partial charge on any atom is 0.0138 e. The molecule has 4 bridgehead atoms. The molecule has 1 heteroatoms. The van der Waals surface area contributed by atoms with Crippen LogP contribution in [-0.4, -0.2) is 13.1 Å². The number of rotatable bonds is 6. The Labute approximate surface area is 135 Å². The Morgan fingerprint density at radius 1 is 0.955 bits per heavy atom. The molecule has 0 radical (unpaired) electrons. The molecule has 0 spiro atoms. The summed E-state index contributed by atoms with van der Waals surface area (Å²) < 4.78 is 0. The van der Waals surface area contributed by atoms with Crippen molar-refractivity contribution in [3.05, 3.63) is 42.0 Å². The first kappa shape index (κ1) is 14.5. The van der Waals surface area contributed by atoms with E-state index in [1.165, 1.54) is 18.5 Å². The van der Waals surface area contributed by atoms with E-state index in [-0.39, 0.29) is 0 Å². The van der Waals surface area contributed by atoms with Crippen molar-refractivity contribution in [2.75, 3.05) is 13.1 Å². The summed E-state index contributed by atoms with van der Waals surface area (Å²) in [5, 5.41) is 3.64. The van der Waals surface area contributed by atoms with Gasteiger partial charge in [0.2, 0.25) is 0 Å². The fourth-order valence-corrected chi connectivity index (χ4v) is 5.89. The van der Waals surface area contributed by atoms with Gasteiger partial charge in [-0.05, 0) is 80.2 Å². The summed E-state index contributed by atoms with van der Waals surface area (Å²) in [6.45, 7) is 2.20. The average molecular weight is 295 g/mol. The predicted molar refractivity (Wildman–Crippen MR) is 93.6 cm³/mol. The molecule has 0 saturated heterocycles. The zero-order valence-corrected chi connectivity index (χ0v) is 13.6. The van der Waals surface area contributed by atoms with Crippen LogP contribution in [0, 0.1) is 23.2 Å². The van der Waals surface area contributed by atoms with Gasteiger partial charge >= 0.3 is 0 Å². The Bertz CT molecular complexity index is 481. The smallest absolute Gasteiger partial charge is 0.0138 e. The number of hydrogen-bond donors (Lipinski definition) is 1. The average Bonchev–Trinajstić information content (AvgIpc) is 2.50. The molecule has 1 aromatic rings. The third kappa shape index (κ3) is 3.15. The minimum Gasteiger partial charge on any atom is -0.313 e. The van der Waals surface area contributed by atoms with E-state index in [0.717, 1.165) is 29.7 Å². The molecule has 4 aliphatic carbocycles. The first-order valence-electron chi connectivity index (χ1n) is 9.24. The van der Waals surface area contributed by atoms with Gasteiger partial charge in [0, 0.05) is 6.54 Å². The maximum atomic E-state index is 3.64. The van der Waals surface area contributed by atoms with Crippen molar-refractivity contribution in [1.29, 1.82) is 0 Å². The molecule has 1 aromatic carbocycles. The normalized spacial score (nSPS) is 36.3. The lowest BCUT2D eigenvalue weighted by atomic mass is 9.49. The molecule has 1 nitrogen and oxygen atoms in total. The number of nitrogens with one attached hydrogen (secondary N) is 1. The fraction of sp³-hybridized carbons (Fsp3) is 0.619. The second-order valence-electron chi connectivity index (χ2n) is 8.18. The Hall–Kier alpha value is -1.08. The van der Waals surface area contributed by atoms with Crippen LogP contribution in [0.2, 0.25) is 0 Å². The van der Waals surface area contributed by atoms with Crippen molar-refractivity contribution in [3.63, 3.8) is 0 Å². The van der Waals surface area contributed by atoms with Gasteiger partial charge in [-0.25, -0.2) is 0 Å². The molecule has 0 atom stereocenters. The van der Waals surface area contributed by atoms with Crippen LogP contribution >= 0.6 is 0 Å². The first-order valence-corrected chi connectivity index (χ1v) is 9.24. The molecule has 4 aliphatic rings. The summed E-state index contributed by atoms with van der Waals surface area (Å²) in [7, 11) is 0. The van der Waals surface area contributed by atoms with Crippen LogP contribution in [0.3, 0.4) is 0 Å². The lowest BCUT2D eigenvalue weighted by Gasteiger charge is -2.57. The quantitative estimate of drug-likeness (QED) is 0.736. The van der Waals surface area contributed by atoms with Gasteiger partial charge in [-0.2, -0.15) is 0 Å². The van der Waals surface area contributed by atoms with Crippen molar-refractivity contribution in [3.8, 4) is 0 Å². The molecule has 118 valence electrons. The Morgan fingerprint density at radius 2 is 1.59 bits per heavy atom. The van der Waals surface area contributed by atoms with E-state index in [1.807, 2.05) is 0 Å². The van der Waals surface area contributed by atoms with Gasteiger partial charge in [-0.15, -0.1) is 0 Å². The van der Waals surface area contributed by atoms with Crippen molar-refractivity contribution in [2.24, 2.45) is 23.2 Å². The van der Waals surface area contributed by atoms with Crippen LogP contribution < -0.4 is 5.32 Å². The van der Waals surface area contributed by atoms with Crippen molar-refractivity contribution >= 4 is 6.08 Å². The Kier molecular flexibility index (Phi) is 4.09. The summed E-state index contributed by atoms with van der Waals surface area (Å²) in [5.41, 5.74) is 2.02. The molecule has 5 rings (SSSR count). The van der Waals surface area contributed by atoms with E-state index < -0.39 is 0 Å². The van der Waals surface area contributed by atoms with Gasteiger partial charge in [0.1, 0.15) is 0 Å². The summed E-state index contributed by atoms with van der Waals surface area (Å²) >= 11 is 0. The maximum absolute atomic E-state index is 3.64. The van der Waals surface area contributed by atoms with E-state index in [4.69, 9.17) is 0 Å². The van der Waals surface area contributed by atoms with Crippen molar-refractivity contribution < 1.29 is 0 Å². The van der Waals surface area contributed by atoms with Gasteiger partial charge in [-0.1, -0.05) is 42.5 Å². The van der Waals surface area contributed by atoms with Crippen LogP contribution in [0.5, 0.6) is 0 Å². The van der Waals surface area contributed by atoms with E-state index >= 15 is 0 Å². The molecule has 0 heterocycles. The van der Waals surface area contributed by atoms with E-state index in [0.29, 0.717) is 0 Å². The summed E-state index contributed by atoms with van der Waals surface area (Å²) in [5.74, 6) is 3.26. The minimum absolute atomic E-state index is 0.727. The number of hydrogen-bond acceptors (Lipinski definition) is 1. The number of benzene rings is 1. The SMILES string of the molecule is C(=Cc1ccccc1)CNCCC12CC3CC(CC(C3)C1)C2. The minimum atomic E-state index is 0.727. The Balaban J connectivity index is 1.22. The lowest BCUT2D eigenvalue weighted by Crippen LogP contribution is -2.47. The third-order valence-electron chi connectivity index (χ3n) is 6.37. The van der Waals surface area contributed by atoms with E-state index in [1.54, 1.807) is 38.5 Å². The highest BCUT2D eigenvalue weighted by atomic mass is 14.8. The van der Waals surface area contributed by atoms with Gasteiger partial charge in [0.15, 0.2) is 0 Å². The summed E-state index contributed by atoms with van der Waals surface area (Å²) in [6.07, 6.45) is 15.2. The van der Waals surface area contributed by atoms with E-state index in [2.05, 4.69) is 47.8 Å². The highest BCUT2D eigenvalue weighted by Crippen LogP contribution is 2.61. The third-order valence-corrected chi connectivity index (χ3v) is 6.37. The highest BCUT2D eigenvalue weighted by Gasteiger charge is 2.50. The van der Waals surface area contributed by atoms with Crippen LogP contribution in [-0.2, 0) is 0 Å². The fourth-order valence-electron chi connectivity index (χ4n) is 5.89. The van der Waals surface area contributed by atoms with Gasteiger partial charge in [0.25, 0.3) is 0 Å². The second kappa shape index (κ2) is 6.20. The van der Waals surface area contributed by atoms with Gasteiger partial charge in [0.05, 0.1) is 0 Å². The van der Waals surface area contributed by atoms with Crippen molar-refractivity contribution in [2.45, 2.75) is 44.9 Å². The lowest BCUT2D eigenvalue weighted by molar-refractivity contribution is -0.0566. The monoisotopic (exact) mass is 295 g/mol. The molecule has 22 heavy (non-hydrogen) atoms. The topological polar surface area (TPSA) is 12.0 Å². The molecule has 0 unspecified atom stereocenters. The molecular formula is C21H29N. The predicted octanol–water partition coefficient (Wildman–Crippen LogP) is 4.90. The molecule has 4 saturated carbocycles. The Morgan fingerprint density at radius 3 is 2.23 bits per heavy atom. The molecule has 0 aliphatic heterocycles. The largest absolute Gasteiger partial charge is 0.313 e. The summed E-state index contributed by atoms with van der Waals surface area (Å²) in [4.78, 5) is 0. The summed E-state index contributed by atoms with van der Waals surface area (Å²) in [6, 6.07) is 10.6. The van der Waals surface area contributed by atoms with Gasteiger partial charge in [-0.3, -0.25) is 0 Å². The van der Waals surface area contributed by atoms with Crippen LogP contribution in [0.1, 0.15) is 50.5 Å². The van der Waals surface area contributed by atoms with Crippen LogP contribution in [0.4, 0.5) is 0 Å². The molecule has 4 fully saturated rings. The van der Waals surface area contributed by atoms with E-state index in [9.17, 15) is 0 Å².